The SMILES string of the molecule is COC(=O)Nc1ccc(-c2cc(C(CC3CN(C(=O)OC(C)(C)C)C3)NC(=O)/C=C/c3cc(Cl)ccc3-n3cnnn3)n[nH]c2=O)cc1. The number of amides is 3. The number of methoxy groups -OCH3 is 1. The van der Waals surface area contributed by atoms with E-state index in [1.165, 1.54) is 24.2 Å². The van der Waals surface area contributed by atoms with E-state index in [9.17, 15) is 19.2 Å². The van der Waals surface area contributed by atoms with Crippen LogP contribution in [-0.2, 0) is 14.3 Å². The van der Waals surface area contributed by atoms with Crippen LogP contribution < -0.4 is 16.2 Å². The number of likely N-dealkylation sites (tertiary alicyclic amines) is 1. The van der Waals surface area contributed by atoms with Gasteiger partial charge in [0, 0.05) is 35.4 Å². The number of ether oxygens (including phenoxy) is 2. The lowest BCUT2D eigenvalue weighted by molar-refractivity contribution is -0.117. The van der Waals surface area contributed by atoms with Gasteiger partial charge in [0.2, 0.25) is 5.91 Å². The van der Waals surface area contributed by atoms with E-state index in [2.05, 4.69) is 41.1 Å². The van der Waals surface area contributed by atoms with E-state index in [1.807, 2.05) is 0 Å². The molecule has 2 aromatic heterocycles. The lowest BCUT2D eigenvalue weighted by Gasteiger charge is -2.41. The minimum atomic E-state index is -0.637. The molecular weight excluding hydrogens is 642 g/mol. The molecule has 0 radical (unpaired) electrons. The van der Waals surface area contributed by atoms with Gasteiger partial charge in [-0.3, -0.25) is 14.9 Å². The molecule has 1 fully saturated rings. The summed E-state index contributed by atoms with van der Waals surface area (Å²) in [4.78, 5) is 51.9. The predicted molar refractivity (Wildman–Crippen MR) is 176 cm³/mol. The highest BCUT2D eigenvalue weighted by Gasteiger charge is 2.36. The van der Waals surface area contributed by atoms with Crippen LogP contribution in [0.1, 0.15) is 44.5 Å². The molecule has 16 heteroatoms. The van der Waals surface area contributed by atoms with Crippen LogP contribution in [0.25, 0.3) is 22.9 Å². The van der Waals surface area contributed by atoms with E-state index < -0.39 is 35.3 Å². The number of nitrogens with zero attached hydrogens (tertiary/aromatic N) is 6. The Bertz CT molecular complexity index is 1860. The highest BCUT2D eigenvalue weighted by Crippen LogP contribution is 2.30. The number of aromatic amines is 1. The maximum absolute atomic E-state index is 13.4. The van der Waals surface area contributed by atoms with Crippen molar-refractivity contribution >= 4 is 41.5 Å². The van der Waals surface area contributed by atoms with Crippen LogP contribution in [0.4, 0.5) is 15.3 Å². The van der Waals surface area contributed by atoms with Crippen molar-refractivity contribution in [1.82, 2.24) is 40.6 Å². The number of nitrogens with one attached hydrogen (secondary N) is 3. The Morgan fingerprint density at radius 2 is 1.88 bits per heavy atom. The molecule has 3 amide bonds. The van der Waals surface area contributed by atoms with Crippen molar-refractivity contribution in [2.75, 3.05) is 25.5 Å². The second kappa shape index (κ2) is 14.5. The fraction of sp³-hybridized carbons (Fsp3) is 0.312. The van der Waals surface area contributed by atoms with Crippen molar-refractivity contribution in [2.45, 2.75) is 38.8 Å². The zero-order chi connectivity index (χ0) is 34.4. The molecule has 4 aromatic rings. The van der Waals surface area contributed by atoms with Crippen LogP contribution >= 0.6 is 11.6 Å². The van der Waals surface area contributed by atoms with Crippen LogP contribution in [0.2, 0.25) is 5.02 Å². The number of H-pyrrole nitrogens is 1. The summed E-state index contributed by atoms with van der Waals surface area (Å²) in [7, 11) is 1.26. The third-order valence-electron chi connectivity index (χ3n) is 7.30. The molecule has 0 aliphatic carbocycles. The Morgan fingerprint density at radius 3 is 2.54 bits per heavy atom. The topological polar surface area (TPSA) is 186 Å². The van der Waals surface area contributed by atoms with E-state index in [0.717, 1.165) is 0 Å². The van der Waals surface area contributed by atoms with Crippen molar-refractivity contribution in [2.24, 2.45) is 5.92 Å². The molecule has 1 saturated heterocycles. The number of hydrogen-bond acceptors (Lipinski definition) is 10. The van der Waals surface area contributed by atoms with Crippen molar-refractivity contribution in [3.8, 4) is 16.8 Å². The van der Waals surface area contributed by atoms with E-state index >= 15 is 0 Å². The molecule has 2 aromatic carbocycles. The average molecular weight is 676 g/mol. The maximum atomic E-state index is 13.4. The van der Waals surface area contributed by atoms with Crippen molar-refractivity contribution in [3.05, 3.63) is 87.6 Å². The third kappa shape index (κ3) is 8.61. The summed E-state index contributed by atoms with van der Waals surface area (Å²) >= 11 is 6.23. The monoisotopic (exact) mass is 675 g/mol. The number of carbonyl (C=O) groups is 3. The van der Waals surface area contributed by atoms with Gasteiger partial charge in [0.05, 0.1) is 30.1 Å². The van der Waals surface area contributed by atoms with Gasteiger partial charge in [-0.05, 0) is 91.6 Å². The fourth-order valence-corrected chi connectivity index (χ4v) is 5.20. The zero-order valence-corrected chi connectivity index (χ0v) is 27.4. The summed E-state index contributed by atoms with van der Waals surface area (Å²) < 4.78 is 11.6. The molecule has 1 atom stereocenters. The number of aromatic nitrogens is 6. The van der Waals surface area contributed by atoms with E-state index in [1.54, 1.807) is 80.3 Å². The Labute approximate surface area is 280 Å². The first-order valence-electron chi connectivity index (χ1n) is 14.9. The largest absolute Gasteiger partial charge is 0.453 e. The Morgan fingerprint density at radius 1 is 1.12 bits per heavy atom. The van der Waals surface area contributed by atoms with Gasteiger partial charge in [0.1, 0.15) is 11.9 Å². The minimum Gasteiger partial charge on any atom is -0.453 e. The highest BCUT2D eigenvalue weighted by molar-refractivity contribution is 6.30. The van der Waals surface area contributed by atoms with Gasteiger partial charge in [-0.2, -0.15) is 9.78 Å². The summed E-state index contributed by atoms with van der Waals surface area (Å²) in [5.74, 6) is -0.411. The highest BCUT2D eigenvalue weighted by atomic mass is 35.5. The van der Waals surface area contributed by atoms with Crippen molar-refractivity contribution in [1.29, 1.82) is 0 Å². The van der Waals surface area contributed by atoms with Crippen LogP contribution in [-0.4, -0.2) is 79.2 Å². The lowest BCUT2D eigenvalue weighted by atomic mass is 9.90. The quantitative estimate of drug-likeness (QED) is 0.215. The first kappa shape index (κ1) is 33.8. The minimum absolute atomic E-state index is 0.0204. The lowest BCUT2D eigenvalue weighted by Crippen LogP contribution is -2.52. The molecule has 48 heavy (non-hydrogen) atoms. The van der Waals surface area contributed by atoms with Gasteiger partial charge in [0.25, 0.3) is 5.56 Å². The predicted octanol–water partition coefficient (Wildman–Crippen LogP) is 4.37. The summed E-state index contributed by atoms with van der Waals surface area (Å²) in [6.45, 7) is 6.27. The molecule has 3 heterocycles. The Kier molecular flexibility index (Phi) is 10.2. The molecule has 1 unspecified atom stereocenters. The van der Waals surface area contributed by atoms with E-state index in [-0.39, 0.29) is 5.92 Å². The van der Waals surface area contributed by atoms with Crippen molar-refractivity contribution in [3.63, 3.8) is 0 Å². The molecule has 250 valence electrons. The number of anilines is 1. The number of tetrazole rings is 1. The number of rotatable bonds is 9. The summed E-state index contributed by atoms with van der Waals surface area (Å²) in [6.07, 6.45) is 3.78. The number of carbonyl (C=O) groups excluding carboxylic acids is 3. The summed E-state index contributed by atoms with van der Waals surface area (Å²) in [6, 6.07) is 12.7. The smallest absolute Gasteiger partial charge is 0.411 e. The molecule has 15 nitrogen and oxygen atoms in total. The summed E-state index contributed by atoms with van der Waals surface area (Å²) in [5.41, 5.74) is 1.93. The average Bonchev–Trinajstić information content (AvgIpc) is 3.56. The second-order valence-electron chi connectivity index (χ2n) is 12.1. The molecule has 1 aliphatic rings. The first-order valence-corrected chi connectivity index (χ1v) is 15.3. The van der Waals surface area contributed by atoms with E-state index in [0.29, 0.717) is 58.3 Å². The first-order chi connectivity index (χ1) is 22.9. The maximum Gasteiger partial charge on any atom is 0.411 e. The summed E-state index contributed by atoms with van der Waals surface area (Å²) in [5, 5.41) is 24.1. The number of halogens is 1. The van der Waals surface area contributed by atoms with Gasteiger partial charge in [-0.1, -0.05) is 23.7 Å². The molecule has 0 spiro atoms. The van der Waals surface area contributed by atoms with Crippen LogP contribution in [0.3, 0.4) is 0 Å². The molecule has 3 N–H and O–H groups in total. The Hall–Kier alpha value is -5.57. The zero-order valence-electron chi connectivity index (χ0n) is 26.6. The number of benzene rings is 2. The van der Waals surface area contributed by atoms with Gasteiger partial charge >= 0.3 is 12.2 Å². The van der Waals surface area contributed by atoms with Gasteiger partial charge < -0.3 is 19.7 Å². The normalized spacial score (nSPS) is 13.9. The Balaban J connectivity index is 1.38. The molecule has 1 aliphatic heterocycles. The van der Waals surface area contributed by atoms with Crippen LogP contribution in [0, 0.1) is 5.92 Å². The molecule has 0 saturated carbocycles. The molecular formula is C32H34ClN9O6. The van der Waals surface area contributed by atoms with Crippen LogP contribution in [0.5, 0.6) is 0 Å². The molecule has 5 rings (SSSR count). The number of hydrogen-bond donors (Lipinski definition) is 3. The molecule has 0 bridgehead atoms. The standard InChI is InChI=1S/C32H34ClN9O6/c1-32(2,3)48-31(46)41-16-19(17-41)13-25(36-28(43)12-7-21-14-22(33)8-11-27(21)42-18-34-39-40-42)26-15-24(29(44)38-37-26)20-5-9-23(10-6-20)35-30(45)47-4/h5-12,14-15,18-19,25H,13,16-17H2,1-4H3,(H,35,45)(H,36,43)(H,38,44)/b12-7+. The third-order valence-corrected chi connectivity index (χ3v) is 7.54. The van der Waals surface area contributed by atoms with Gasteiger partial charge in [-0.15, -0.1) is 5.10 Å². The van der Waals surface area contributed by atoms with Crippen molar-refractivity contribution < 1.29 is 23.9 Å². The fourth-order valence-electron chi connectivity index (χ4n) is 5.02. The van der Waals surface area contributed by atoms with E-state index in [4.69, 9.17) is 16.3 Å². The second-order valence-corrected chi connectivity index (χ2v) is 12.5. The van der Waals surface area contributed by atoms with Gasteiger partial charge in [0.15, 0.2) is 0 Å². The van der Waals surface area contributed by atoms with Gasteiger partial charge in [-0.25, -0.2) is 14.7 Å². The van der Waals surface area contributed by atoms with Crippen LogP contribution in [0.15, 0.2) is 65.7 Å².